The van der Waals surface area contributed by atoms with Crippen molar-refractivity contribution >= 4 is 22.6 Å². The summed E-state index contributed by atoms with van der Waals surface area (Å²) < 4.78 is 18.6. The summed E-state index contributed by atoms with van der Waals surface area (Å²) in [6, 6.07) is 6.02. The van der Waals surface area contributed by atoms with Crippen molar-refractivity contribution < 1.29 is 8.81 Å². The molecule has 0 radical (unpaired) electrons. The normalized spacial score (nSPS) is 10.9. The topological polar surface area (TPSA) is 38.9 Å². The fourth-order valence-corrected chi connectivity index (χ4v) is 1.82. The molecule has 0 saturated carbocycles. The zero-order valence-electron chi connectivity index (χ0n) is 8.52. The van der Waals surface area contributed by atoms with E-state index in [1.807, 2.05) is 0 Å². The fraction of sp³-hybridized carbons (Fsp3) is 0. The van der Waals surface area contributed by atoms with Crippen LogP contribution in [0, 0.1) is 5.82 Å². The molecular weight excluding hydrogens is 243 g/mol. The van der Waals surface area contributed by atoms with Crippen molar-refractivity contribution in [3.8, 4) is 11.5 Å². The highest BCUT2D eigenvalue weighted by Crippen LogP contribution is 2.30. The van der Waals surface area contributed by atoms with Gasteiger partial charge in [-0.15, -0.1) is 0 Å². The molecule has 0 atom stereocenters. The van der Waals surface area contributed by atoms with Crippen molar-refractivity contribution in [1.82, 2.24) is 9.97 Å². The van der Waals surface area contributed by atoms with Gasteiger partial charge in [0.25, 0.3) is 0 Å². The van der Waals surface area contributed by atoms with Gasteiger partial charge in [0.05, 0.1) is 5.02 Å². The predicted molar refractivity (Wildman–Crippen MR) is 62.2 cm³/mol. The summed E-state index contributed by atoms with van der Waals surface area (Å²) in [4.78, 5) is 7.83. The third-order valence-corrected chi connectivity index (χ3v) is 2.66. The van der Waals surface area contributed by atoms with E-state index in [1.165, 1.54) is 24.7 Å². The van der Waals surface area contributed by atoms with Gasteiger partial charge in [0.15, 0.2) is 5.76 Å². The molecule has 0 spiro atoms. The van der Waals surface area contributed by atoms with E-state index in [2.05, 4.69) is 9.97 Å². The van der Waals surface area contributed by atoms with Crippen LogP contribution in [0.1, 0.15) is 0 Å². The zero-order valence-corrected chi connectivity index (χ0v) is 9.28. The van der Waals surface area contributed by atoms with Crippen molar-refractivity contribution in [2.24, 2.45) is 0 Å². The lowest BCUT2D eigenvalue weighted by Crippen LogP contribution is -1.83. The van der Waals surface area contributed by atoms with Crippen molar-refractivity contribution in [1.29, 1.82) is 0 Å². The van der Waals surface area contributed by atoms with Crippen molar-refractivity contribution in [2.45, 2.75) is 0 Å². The van der Waals surface area contributed by atoms with Gasteiger partial charge in [0.1, 0.15) is 23.4 Å². The maximum Gasteiger partial charge on any atom is 0.155 e. The Morgan fingerprint density at radius 2 is 2.12 bits per heavy atom. The van der Waals surface area contributed by atoms with Crippen LogP contribution in [0.5, 0.6) is 0 Å². The Morgan fingerprint density at radius 1 is 1.24 bits per heavy atom. The van der Waals surface area contributed by atoms with E-state index in [9.17, 15) is 4.39 Å². The number of hydrogen-bond acceptors (Lipinski definition) is 3. The number of halogens is 2. The zero-order chi connectivity index (χ0) is 11.8. The highest BCUT2D eigenvalue weighted by atomic mass is 35.5. The molecule has 0 unspecified atom stereocenters. The van der Waals surface area contributed by atoms with Gasteiger partial charge in [-0.1, -0.05) is 11.6 Å². The monoisotopic (exact) mass is 248 g/mol. The van der Waals surface area contributed by atoms with Gasteiger partial charge in [-0.05, 0) is 24.3 Å². The van der Waals surface area contributed by atoms with E-state index >= 15 is 0 Å². The number of hydrogen-bond donors (Lipinski definition) is 0. The average molecular weight is 249 g/mol. The summed E-state index contributed by atoms with van der Waals surface area (Å²) in [7, 11) is 0. The largest absolute Gasteiger partial charge is 0.454 e. The summed E-state index contributed by atoms with van der Waals surface area (Å²) in [6.45, 7) is 0. The first-order chi connectivity index (χ1) is 8.24. The molecule has 0 aliphatic carbocycles. The van der Waals surface area contributed by atoms with Crippen molar-refractivity contribution in [3.63, 3.8) is 0 Å². The molecule has 84 valence electrons. The molecule has 0 N–H and O–H groups in total. The molecule has 3 rings (SSSR count). The van der Waals surface area contributed by atoms with E-state index in [-0.39, 0.29) is 5.82 Å². The van der Waals surface area contributed by atoms with Crippen LogP contribution in [0.3, 0.4) is 0 Å². The minimum Gasteiger partial charge on any atom is -0.454 e. The molecular formula is C12H6ClFN2O. The smallest absolute Gasteiger partial charge is 0.155 e. The Morgan fingerprint density at radius 3 is 2.94 bits per heavy atom. The molecule has 0 saturated heterocycles. The Hall–Kier alpha value is -1.94. The number of rotatable bonds is 1. The summed E-state index contributed by atoms with van der Waals surface area (Å²) >= 11 is 5.96. The molecule has 3 nitrogen and oxygen atoms in total. The van der Waals surface area contributed by atoms with Crippen LogP contribution in [0.4, 0.5) is 4.39 Å². The van der Waals surface area contributed by atoms with Crippen LogP contribution in [0.25, 0.3) is 22.4 Å². The molecule has 17 heavy (non-hydrogen) atoms. The van der Waals surface area contributed by atoms with E-state index in [0.717, 1.165) is 0 Å². The first-order valence-electron chi connectivity index (χ1n) is 4.89. The highest BCUT2D eigenvalue weighted by Gasteiger charge is 2.11. The van der Waals surface area contributed by atoms with E-state index < -0.39 is 0 Å². The van der Waals surface area contributed by atoms with Crippen LogP contribution in [0.15, 0.2) is 41.2 Å². The second-order valence-electron chi connectivity index (χ2n) is 3.51. The molecule has 1 aromatic carbocycles. The van der Waals surface area contributed by atoms with Crippen LogP contribution >= 0.6 is 11.6 Å². The quantitative estimate of drug-likeness (QED) is 0.659. The molecule has 3 aromatic rings. The second-order valence-corrected chi connectivity index (χ2v) is 3.92. The van der Waals surface area contributed by atoms with E-state index in [1.54, 1.807) is 12.1 Å². The third-order valence-electron chi connectivity index (χ3n) is 2.38. The molecule has 2 heterocycles. The number of nitrogens with zero attached hydrogens (tertiary/aromatic N) is 2. The Balaban J connectivity index is 2.22. The SMILES string of the molecule is Fc1ccc2oc(-c3ncncc3Cl)cc2c1. The summed E-state index contributed by atoms with van der Waals surface area (Å²) in [5.41, 5.74) is 1.09. The molecule has 0 fully saturated rings. The first kappa shape index (κ1) is 10.2. The lowest BCUT2D eigenvalue weighted by Gasteiger charge is -1.96. The molecule has 0 aliphatic heterocycles. The van der Waals surface area contributed by atoms with Crippen LogP contribution in [-0.2, 0) is 0 Å². The number of furan rings is 1. The Kier molecular flexibility index (Phi) is 2.30. The minimum atomic E-state index is -0.307. The van der Waals surface area contributed by atoms with Gasteiger partial charge in [0, 0.05) is 11.6 Å². The molecule has 5 heteroatoms. The van der Waals surface area contributed by atoms with Gasteiger partial charge in [0.2, 0.25) is 0 Å². The van der Waals surface area contributed by atoms with Crippen LogP contribution < -0.4 is 0 Å². The van der Waals surface area contributed by atoms with Gasteiger partial charge >= 0.3 is 0 Å². The molecule has 0 amide bonds. The number of benzene rings is 1. The standard InChI is InChI=1S/C12H6ClFN2O/c13-9-5-15-6-16-12(9)11-4-7-3-8(14)1-2-10(7)17-11/h1-6H. The minimum absolute atomic E-state index is 0.307. The second kappa shape index (κ2) is 3.82. The lowest BCUT2D eigenvalue weighted by molar-refractivity contribution is 0.617. The van der Waals surface area contributed by atoms with Crippen molar-refractivity contribution in [3.05, 3.63) is 47.6 Å². The highest BCUT2D eigenvalue weighted by molar-refractivity contribution is 6.32. The van der Waals surface area contributed by atoms with Gasteiger partial charge < -0.3 is 4.42 Å². The Labute approximate surface area is 101 Å². The maximum absolute atomic E-state index is 13.0. The van der Waals surface area contributed by atoms with Gasteiger partial charge in [-0.3, -0.25) is 0 Å². The number of fused-ring (bicyclic) bond motifs is 1. The van der Waals surface area contributed by atoms with Gasteiger partial charge in [-0.25, -0.2) is 14.4 Å². The Bertz CT molecular complexity index is 696. The fourth-order valence-electron chi connectivity index (χ4n) is 1.62. The van der Waals surface area contributed by atoms with Gasteiger partial charge in [-0.2, -0.15) is 0 Å². The lowest BCUT2D eigenvalue weighted by atomic mass is 10.2. The summed E-state index contributed by atoms with van der Waals surface area (Å²) in [5.74, 6) is 0.191. The third kappa shape index (κ3) is 1.76. The van der Waals surface area contributed by atoms with E-state index in [4.69, 9.17) is 16.0 Å². The molecule has 0 bridgehead atoms. The predicted octanol–water partition coefficient (Wildman–Crippen LogP) is 3.68. The first-order valence-corrected chi connectivity index (χ1v) is 5.27. The van der Waals surface area contributed by atoms with Crippen LogP contribution in [-0.4, -0.2) is 9.97 Å². The van der Waals surface area contributed by atoms with E-state index in [0.29, 0.717) is 27.4 Å². The summed E-state index contributed by atoms with van der Waals surface area (Å²) in [6.07, 6.45) is 2.87. The van der Waals surface area contributed by atoms with Crippen molar-refractivity contribution in [2.75, 3.05) is 0 Å². The maximum atomic E-state index is 13.0. The van der Waals surface area contributed by atoms with Crippen LogP contribution in [0.2, 0.25) is 5.02 Å². The average Bonchev–Trinajstić information content (AvgIpc) is 2.72. The molecule has 2 aromatic heterocycles. The number of aromatic nitrogens is 2. The molecule has 0 aliphatic rings. The summed E-state index contributed by atoms with van der Waals surface area (Å²) in [5, 5.41) is 1.07.